The van der Waals surface area contributed by atoms with Crippen LogP contribution in [0.25, 0.3) is 0 Å². The Hall–Kier alpha value is -0.820. The van der Waals surface area contributed by atoms with E-state index >= 15 is 0 Å². The van der Waals surface area contributed by atoms with E-state index in [1.807, 2.05) is 0 Å². The Balaban J connectivity index is 1.97. The molecule has 2 saturated carbocycles. The van der Waals surface area contributed by atoms with Crippen molar-refractivity contribution in [2.75, 3.05) is 0 Å². The van der Waals surface area contributed by atoms with Crippen LogP contribution in [0.15, 0.2) is 24.3 Å². The minimum Gasteiger partial charge on any atom is -0.325 e. The Morgan fingerprint density at radius 3 is 1.94 bits per heavy atom. The smallest absolute Gasteiger partial charge is 0.0220 e. The number of hydrogen-bond donors (Lipinski definition) is 1. The van der Waals surface area contributed by atoms with Crippen molar-refractivity contribution < 1.29 is 0 Å². The fourth-order valence-electron chi connectivity index (χ4n) is 4.87. The van der Waals surface area contributed by atoms with Crippen LogP contribution in [0.4, 0.5) is 0 Å². The Morgan fingerprint density at radius 2 is 1.50 bits per heavy atom. The molecule has 5 rings (SSSR count). The molecule has 16 heavy (non-hydrogen) atoms. The van der Waals surface area contributed by atoms with Gasteiger partial charge in [-0.25, -0.2) is 0 Å². The summed E-state index contributed by atoms with van der Waals surface area (Å²) in [6.07, 6.45) is 5.07. The van der Waals surface area contributed by atoms with Crippen LogP contribution in [0.2, 0.25) is 0 Å². The summed E-state index contributed by atoms with van der Waals surface area (Å²) in [7, 11) is 0. The highest BCUT2D eigenvalue weighted by atomic mass is 14.9. The first-order chi connectivity index (χ1) is 7.61. The van der Waals surface area contributed by atoms with E-state index in [1.54, 1.807) is 11.1 Å². The summed E-state index contributed by atoms with van der Waals surface area (Å²) in [4.78, 5) is 0. The lowest BCUT2D eigenvalue weighted by Crippen LogP contribution is -2.45. The average molecular weight is 213 g/mol. The molecule has 2 atom stereocenters. The zero-order valence-corrected chi connectivity index (χ0v) is 9.87. The van der Waals surface area contributed by atoms with Gasteiger partial charge in [-0.1, -0.05) is 31.2 Å². The van der Waals surface area contributed by atoms with Gasteiger partial charge in [0.2, 0.25) is 0 Å². The van der Waals surface area contributed by atoms with Crippen molar-refractivity contribution in [3.8, 4) is 0 Å². The normalized spacial score (nSPS) is 48.1. The van der Waals surface area contributed by atoms with Gasteiger partial charge in [0.05, 0.1) is 0 Å². The van der Waals surface area contributed by atoms with Gasteiger partial charge >= 0.3 is 0 Å². The van der Waals surface area contributed by atoms with E-state index in [2.05, 4.69) is 31.2 Å². The van der Waals surface area contributed by atoms with Crippen LogP contribution in [-0.2, 0) is 0 Å². The van der Waals surface area contributed by atoms with Crippen molar-refractivity contribution >= 4 is 0 Å². The number of nitrogens with two attached hydrogens (primary N) is 1. The molecule has 0 amide bonds. The molecule has 0 aromatic heterocycles. The number of hydrogen-bond acceptors (Lipinski definition) is 1. The third-order valence-corrected chi connectivity index (χ3v) is 5.69. The fourth-order valence-corrected chi connectivity index (χ4v) is 4.87. The predicted octanol–water partition coefficient (Wildman–Crippen LogP) is 3.16. The Morgan fingerprint density at radius 1 is 1.00 bits per heavy atom. The first-order valence-electron chi connectivity index (χ1n) is 6.49. The van der Waals surface area contributed by atoms with Gasteiger partial charge in [0.25, 0.3) is 0 Å². The van der Waals surface area contributed by atoms with Crippen molar-refractivity contribution in [3.63, 3.8) is 0 Å². The lowest BCUT2D eigenvalue weighted by Gasteiger charge is -2.33. The molecule has 2 unspecified atom stereocenters. The maximum absolute atomic E-state index is 6.70. The second-order valence-corrected chi connectivity index (χ2v) is 6.56. The van der Waals surface area contributed by atoms with Gasteiger partial charge in [0, 0.05) is 5.54 Å². The SMILES string of the molecule is CC12CC3CC1(N)CC(C2)c1ccccc13. The van der Waals surface area contributed by atoms with Gasteiger partial charge in [-0.05, 0) is 54.1 Å². The summed E-state index contributed by atoms with van der Waals surface area (Å²) in [5.74, 6) is 1.47. The van der Waals surface area contributed by atoms with Crippen molar-refractivity contribution in [2.45, 2.75) is 50.0 Å². The largest absolute Gasteiger partial charge is 0.325 e. The number of rotatable bonds is 0. The second-order valence-electron chi connectivity index (χ2n) is 6.56. The van der Waals surface area contributed by atoms with Crippen LogP contribution in [0.3, 0.4) is 0 Å². The first kappa shape index (κ1) is 9.23. The molecule has 0 saturated heterocycles. The molecule has 4 aliphatic carbocycles. The molecule has 1 aromatic rings. The molecular weight excluding hydrogens is 194 g/mol. The summed E-state index contributed by atoms with van der Waals surface area (Å²) >= 11 is 0. The van der Waals surface area contributed by atoms with E-state index in [-0.39, 0.29) is 5.54 Å². The maximum Gasteiger partial charge on any atom is 0.0220 e. The quantitative estimate of drug-likeness (QED) is 0.704. The zero-order chi connectivity index (χ0) is 11.0. The molecule has 4 bridgehead atoms. The second kappa shape index (κ2) is 2.53. The third kappa shape index (κ3) is 0.878. The summed E-state index contributed by atoms with van der Waals surface area (Å²) in [5, 5.41) is 0. The van der Waals surface area contributed by atoms with Crippen molar-refractivity contribution in [3.05, 3.63) is 35.4 Å². The zero-order valence-electron chi connectivity index (χ0n) is 9.87. The standard InChI is InChI=1S/C15H19N/c1-14-6-10-8-15(14,16)9-11(7-14)13-5-3-2-4-12(10)13/h2-5,10-11H,6-9,16H2,1H3. The maximum atomic E-state index is 6.70. The Bertz CT molecular complexity index is 407. The van der Waals surface area contributed by atoms with E-state index in [9.17, 15) is 0 Å². The molecule has 1 heteroatoms. The molecule has 4 aliphatic rings. The molecule has 0 radical (unpaired) electrons. The van der Waals surface area contributed by atoms with Crippen LogP contribution in [0.1, 0.15) is 55.6 Å². The molecule has 0 spiro atoms. The van der Waals surface area contributed by atoms with Crippen LogP contribution in [0, 0.1) is 5.41 Å². The topological polar surface area (TPSA) is 26.0 Å². The van der Waals surface area contributed by atoms with Gasteiger partial charge in [-0.15, -0.1) is 0 Å². The lowest BCUT2D eigenvalue weighted by atomic mass is 9.77. The highest BCUT2D eigenvalue weighted by Crippen LogP contribution is 2.67. The van der Waals surface area contributed by atoms with Crippen molar-refractivity contribution in [2.24, 2.45) is 11.1 Å². The van der Waals surface area contributed by atoms with Crippen molar-refractivity contribution in [1.82, 2.24) is 0 Å². The van der Waals surface area contributed by atoms with Crippen LogP contribution < -0.4 is 5.73 Å². The van der Waals surface area contributed by atoms with Gasteiger partial charge in [0.15, 0.2) is 0 Å². The molecule has 84 valence electrons. The van der Waals surface area contributed by atoms with Crippen LogP contribution in [0.5, 0.6) is 0 Å². The van der Waals surface area contributed by atoms with Crippen LogP contribution in [-0.4, -0.2) is 5.54 Å². The van der Waals surface area contributed by atoms with Gasteiger partial charge in [-0.3, -0.25) is 0 Å². The summed E-state index contributed by atoms with van der Waals surface area (Å²) < 4.78 is 0. The molecular formula is C15H19N. The molecule has 2 N–H and O–H groups in total. The molecule has 1 nitrogen and oxygen atoms in total. The van der Waals surface area contributed by atoms with Crippen LogP contribution >= 0.6 is 0 Å². The molecule has 0 heterocycles. The van der Waals surface area contributed by atoms with Gasteiger partial charge in [0.1, 0.15) is 0 Å². The molecule has 1 aromatic carbocycles. The highest BCUT2D eigenvalue weighted by Gasteiger charge is 2.61. The predicted molar refractivity (Wildman–Crippen MR) is 65.4 cm³/mol. The van der Waals surface area contributed by atoms with E-state index in [0.717, 1.165) is 11.8 Å². The summed E-state index contributed by atoms with van der Waals surface area (Å²) in [6, 6.07) is 9.08. The van der Waals surface area contributed by atoms with Crippen molar-refractivity contribution in [1.29, 1.82) is 0 Å². The molecule has 2 fully saturated rings. The summed E-state index contributed by atoms with van der Waals surface area (Å²) in [6.45, 7) is 2.43. The van der Waals surface area contributed by atoms with Gasteiger partial charge < -0.3 is 5.73 Å². The lowest BCUT2D eigenvalue weighted by molar-refractivity contribution is 0.228. The average Bonchev–Trinajstić information content (AvgIpc) is 2.52. The molecule has 0 aliphatic heterocycles. The Kier molecular flexibility index (Phi) is 1.46. The van der Waals surface area contributed by atoms with E-state index in [4.69, 9.17) is 5.73 Å². The minimum atomic E-state index is 0.126. The van der Waals surface area contributed by atoms with E-state index in [1.165, 1.54) is 25.7 Å². The highest BCUT2D eigenvalue weighted by molar-refractivity contribution is 5.42. The van der Waals surface area contributed by atoms with Gasteiger partial charge in [-0.2, -0.15) is 0 Å². The monoisotopic (exact) mass is 213 g/mol. The first-order valence-corrected chi connectivity index (χ1v) is 6.49. The summed E-state index contributed by atoms with van der Waals surface area (Å²) in [5.41, 5.74) is 10.5. The minimum absolute atomic E-state index is 0.126. The third-order valence-electron chi connectivity index (χ3n) is 5.69. The van der Waals surface area contributed by atoms with E-state index in [0.29, 0.717) is 5.41 Å². The fraction of sp³-hybridized carbons (Fsp3) is 0.600. The Labute approximate surface area is 97.0 Å². The number of benzene rings is 1. The van der Waals surface area contributed by atoms with E-state index < -0.39 is 0 Å².